The van der Waals surface area contributed by atoms with E-state index in [2.05, 4.69) is 10.0 Å². The molecule has 0 aliphatic rings. The van der Waals surface area contributed by atoms with Crippen LogP contribution in [-0.4, -0.2) is 20.9 Å². The van der Waals surface area contributed by atoms with Gasteiger partial charge in [-0.15, -0.1) is 0 Å². The van der Waals surface area contributed by atoms with Crippen molar-refractivity contribution < 1.29 is 13.2 Å². The summed E-state index contributed by atoms with van der Waals surface area (Å²) in [6.45, 7) is 2.00. The van der Waals surface area contributed by atoms with Crippen LogP contribution in [0.15, 0.2) is 48.5 Å². The molecule has 2 N–H and O–H groups in total. The third-order valence-electron chi connectivity index (χ3n) is 3.49. The maximum atomic E-state index is 12.0. The zero-order valence-electron chi connectivity index (χ0n) is 13.3. The normalized spacial score (nSPS) is 11.2. The Kier molecular flexibility index (Phi) is 6.36. The van der Waals surface area contributed by atoms with Gasteiger partial charge < -0.3 is 5.32 Å². The molecule has 1 amide bonds. The summed E-state index contributed by atoms with van der Waals surface area (Å²) in [5.74, 6) is -0.654. The molecule has 0 radical (unpaired) electrons. The van der Waals surface area contributed by atoms with Crippen molar-refractivity contribution in [2.24, 2.45) is 0 Å². The van der Waals surface area contributed by atoms with E-state index in [-0.39, 0.29) is 18.2 Å². The average molecular weight is 367 g/mol. The number of sulfonamides is 1. The minimum Gasteiger partial charge on any atom is -0.351 e. The predicted molar refractivity (Wildman–Crippen MR) is 95.1 cm³/mol. The Hall–Kier alpha value is -1.89. The number of carbonyl (C=O) groups is 1. The van der Waals surface area contributed by atoms with E-state index >= 15 is 0 Å². The lowest BCUT2D eigenvalue weighted by Crippen LogP contribution is -2.37. The first-order valence-corrected chi connectivity index (χ1v) is 9.42. The quantitative estimate of drug-likeness (QED) is 0.790. The van der Waals surface area contributed by atoms with Gasteiger partial charge in [0.1, 0.15) is 0 Å². The molecule has 7 heteroatoms. The number of benzene rings is 2. The molecular formula is C17H19ClN2O3S. The summed E-state index contributed by atoms with van der Waals surface area (Å²) in [5.41, 5.74) is 2.55. The standard InChI is InChI=1S/C17H19ClN2O3S/c1-13-6-2-3-7-14(13)10-19-17(21)11-20-24(22,23)12-15-8-4-5-9-16(15)18/h2-9,20H,10-12H2,1H3,(H,19,21). The molecule has 128 valence electrons. The zero-order chi connectivity index (χ0) is 17.6. The monoisotopic (exact) mass is 366 g/mol. The largest absolute Gasteiger partial charge is 0.351 e. The Morgan fingerprint density at radius 2 is 1.67 bits per heavy atom. The van der Waals surface area contributed by atoms with Gasteiger partial charge in [-0.2, -0.15) is 0 Å². The fourth-order valence-electron chi connectivity index (χ4n) is 2.11. The molecule has 5 nitrogen and oxygen atoms in total. The van der Waals surface area contributed by atoms with E-state index in [1.165, 1.54) is 0 Å². The Labute approximate surface area is 147 Å². The van der Waals surface area contributed by atoms with E-state index in [4.69, 9.17) is 11.6 Å². The number of hydrogen-bond donors (Lipinski definition) is 2. The van der Waals surface area contributed by atoms with Gasteiger partial charge in [-0.25, -0.2) is 13.1 Å². The van der Waals surface area contributed by atoms with Gasteiger partial charge in [0.05, 0.1) is 12.3 Å². The first-order valence-electron chi connectivity index (χ1n) is 7.39. The predicted octanol–water partition coefficient (Wildman–Crippen LogP) is 2.38. The highest BCUT2D eigenvalue weighted by Gasteiger charge is 2.15. The molecule has 0 spiro atoms. The molecule has 0 unspecified atom stereocenters. The van der Waals surface area contributed by atoms with Crippen LogP contribution in [0.25, 0.3) is 0 Å². The molecule has 0 atom stereocenters. The highest BCUT2D eigenvalue weighted by molar-refractivity contribution is 7.88. The van der Waals surface area contributed by atoms with Crippen molar-refractivity contribution in [1.29, 1.82) is 0 Å². The lowest BCUT2D eigenvalue weighted by molar-refractivity contribution is -0.120. The molecular weight excluding hydrogens is 348 g/mol. The number of hydrogen-bond acceptors (Lipinski definition) is 3. The van der Waals surface area contributed by atoms with Crippen molar-refractivity contribution in [3.05, 3.63) is 70.2 Å². The smallest absolute Gasteiger partial charge is 0.235 e. The van der Waals surface area contributed by atoms with E-state index in [1.54, 1.807) is 24.3 Å². The van der Waals surface area contributed by atoms with Gasteiger partial charge in [-0.05, 0) is 29.7 Å². The van der Waals surface area contributed by atoms with Crippen LogP contribution in [0.4, 0.5) is 0 Å². The lowest BCUT2D eigenvalue weighted by Gasteiger charge is -2.10. The fourth-order valence-corrected chi connectivity index (χ4v) is 3.51. The average Bonchev–Trinajstić information content (AvgIpc) is 2.54. The van der Waals surface area contributed by atoms with Gasteiger partial charge in [-0.1, -0.05) is 54.1 Å². The lowest BCUT2D eigenvalue weighted by atomic mass is 10.1. The molecule has 24 heavy (non-hydrogen) atoms. The number of aryl methyl sites for hydroxylation is 1. The molecule has 0 bridgehead atoms. The fraction of sp³-hybridized carbons (Fsp3) is 0.235. The third-order valence-corrected chi connectivity index (χ3v) is 5.14. The van der Waals surface area contributed by atoms with Crippen molar-refractivity contribution in [3.63, 3.8) is 0 Å². The van der Waals surface area contributed by atoms with Crippen molar-refractivity contribution in [2.45, 2.75) is 19.2 Å². The highest BCUT2D eigenvalue weighted by atomic mass is 35.5. The molecule has 0 aliphatic heterocycles. The number of halogens is 1. The molecule has 0 saturated heterocycles. The maximum absolute atomic E-state index is 12.0. The zero-order valence-corrected chi connectivity index (χ0v) is 14.8. The molecule has 0 saturated carbocycles. The molecule has 0 heterocycles. The molecule has 0 aromatic heterocycles. The number of rotatable bonds is 7. The second kappa shape index (κ2) is 8.28. The summed E-state index contributed by atoms with van der Waals surface area (Å²) < 4.78 is 26.4. The van der Waals surface area contributed by atoms with Crippen molar-refractivity contribution >= 4 is 27.5 Å². The first-order chi connectivity index (χ1) is 11.4. The summed E-state index contributed by atoms with van der Waals surface area (Å²) in [6.07, 6.45) is 0. The minimum atomic E-state index is -3.64. The Balaban J connectivity index is 1.84. The van der Waals surface area contributed by atoms with Crippen LogP contribution in [0, 0.1) is 6.92 Å². The molecule has 0 fully saturated rings. The number of nitrogens with one attached hydrogen (secondary N) is 2. The Bertz CT molecular complexity index is 822. The van der Waals surface area contributed by atoms with Crippen LogP contribution in [0.3, 0.4) is 0 Å². The summed E-state index contributed by atoms with van der Waals surface area (Å²) in [4.78, 5) is 11.8. The van der Waals surface area contributed by atoms with E-state index in [0.717, 1.165) is 11.1 Å². The molecule has 0 aliphatic carbocycles. The van der Waals surface area contributed by atoms with Gasteiger partial charge in [0, 0.05) is 11.6 Å². The van der Waals surface area contributed by atoms with Crippen LogP contribution >= 0.6 is 11.6 Å². The molecule has 2 rings (SSSR count). The van der Waals surface area contributed by atoms with Gasteiger partial charge in [0.2, 0.25) is 15.9 Å². The third kappa shape index (κ3) is 5.63. The minimum absolute atomic E-state index is 0.266. The topological polar surface area (TPSA) is 75.3 Å². The van der Waals surface area contributed by atoms with Crippen molar-refractivity contribution in [1.82, 2.24) is 10.0 Å². The van der Waals surface area contributed by atoms with Gasteiger partial charge in [-0.3, -0.25) is 4.79 Å². The Morgan fingerprint density at radius 1 is 1.04 bits per heavy atom. The van der Waals surface area contributed by atoms with Crippen LogP contribution in [0.5, 0.6) is 0 Å². The van der Waals surface area contributed by atoms with Gasteiger partial charge >= 0.3 is 0 Å². The van der Waals surface area contributed by atoms with Crippen LogP contribution in [-0.2, 0) is 27.1 Å². The summed E-state index contributed by atoms with van der Waals surface area (Å²) in [6, 6.07) is 14.4. The molecule has 2 aromatic carbocycles. The second-order valence-electron chi connectivity index (χ2n) is 5.37. The van der Waals surface area contributed by atoms with Gasteiger partial charge in [0.15, 0.2) is 0 Å². The molecule has 2 aromatic rings. The Morgan fingerprint density at radius 3 is 2.33 bits per heavy atom. The maximum Gasteiger partial charge on any atom is 0.235 e. The summed E-state index contributed by atoms with van der Waals surface area (Å²) >= 11 is 5.95. The SMILES string of the molecule is Cc1ccccc1CNC(=O)CNS(=O)(=O)Cc1ccccc1Cl. The summed E-state index contributed by atoms with van der Waals surface area (Å²) in [7, 11) is -3.64. The van der Waals surface area contributed by atoms with Crippen molar-refractivity contribution in [2.75, 3.05) is 6.54 Å². The highest BCUT2D eigenvalue weighted by Crippen LogP contribution is 2.17. The van der Waals surface area contributed by atoms with Crippen molar-refractivity contribution in [3.8, 4) is 0 Å². The van der Waals surface area contributed by atoms with Gasteiger partial charge in [0.25, 0.3) is 0 Å². The van der Waals surface area contributed by atoms with E-state index in [0.29, 0.717) is 17.1 Å². The van der Waals surface area contributed by atoms with Crippen LogP contribution in [0.2, 0.25) is 5.02 Å². The van der Waals surface area contributed by atoms with Crippen LogP contribution in [0.1, 0.15) is 16.7 Å². The van der Waals surface area contributed by atoms with E-state index < -0.39 is 10.0 Å². The van der Waals surface area contributed by atoms with Crippen LogP contribution < -0.4 is 10.0 Å². The van der Waals surface area contributed by atoms with E-state index in [9.17, 15) is 13.2 Å². The number of amides is 1. The van der Waals surface area contributed by atoms with E-state index in [1.807, 2.05) is 31.2 Å². The number of carbonyl (C=O) groups excluding carboxylic acids is 1. The summed E-state index contributed by atoms with van der Waals surface area (Å²) in [5, 5.41) is 3.08. The second-order valence-corrected chi connectivity index (χ2v) is 7.59. The first kappa shape index (κ1) is 18.4.